The van der Waals surface area contributed by atoms with E-state index in [0.29, 0.717) is 24.5 Å². The summed E-state index contributed by atoms with van der Waals surface area (Å²) in [5.74, 6) is 0.485. The second-order valence-corrected chi connectivity index (χ2v) is 4.70. The summed E-state index contributed by atoms with van der Waals surface area (Å²) in [6, 6.07) is 6.59. The van der Waals surface area contributed by atoms with Crippen LogP contribution in [0.4, 0.5) is 0 Å². The van der Waals surface area contributed by atoms with E-state index >= 15 is 0 Å². The Labute approximate surface area is 116 Å². The van der Waals surface area contributed by atoms with E-state index in [1.54, 1.807) is 24.5 Å². The van der Waals surface area contributed by atoms with Gasteiger partial charge in [-0.3, -0.25) is 9.59 Å². The molecule has 2 heterocycles. The SMILES string of the molecule is CC(C)C(=O)NCCn1nc(-c2ccco2)ccc1=O. The maximum Gasteiger partial charge on any atom is 0.266 e. The quantitative estimate of drug-likeness (QED) is 0.891. The molecule has 106 valence electrons. The highest BCUT2D eigenvalue weighted by Gasteiger charge is 2.08. The highest BCUT2D eigenvalue weighted by molar-refractivity contribution is 5.77. The molecule has 0 spiro atoms. The van der Waals surface area contributed by atoms with E-state index in [0.717, 1.165) is 0 Å². The number of aromatic nitrogens is 2. The van der Waals surface area contributed by atoms with Gasteiger partial charge in [0.05, 0.1) is 12.8 Å². The molecular weight excluding hydrogens is 258 g/mol. The summed E-state index contributed by atoms with van der Waals surface area (Å²) in [5.41, 5.74) is 0.379. The third kappa shape index (κ3) is 3.34. The fourth-order valence-corrected chi connectivity index (χ4v) is 1.65. The fourth-order valence-electron chi connectivity index (χ4n) is 1.65. The summed E-state index contributed by atoms with van der Waals surface area (Å²) < 4.78 is 6.56. The number of nitrogens with zero attached hydrogens (tertiary/aromatic N) is 2. The van der Waals surface area contributed by atoms with Gasteiger partial charge in [0.1, 0.15) is 5.69 Å². The number of furan rings is 1. The molecule has 6 nitrogen and oxygen atoms in total. The highest BCUT2D eigenvalue weighted by atomic mass is 16.3. The molecule has 0 saturated carbocycles. The molecule has 2 rings (SSSR count). The zero-order chi connectivity index (χ0) is 14.5. The first-order chi connectivity index (χ1) is 9.58. The number of amides is 1. The van der Waals surface area contributed by atoms with Crippen molar-refractivity contribution in [2.24, 2.45) is 5.92 Å². The van der Waals surface area contributed by atoms with Crippen LogP contribution in [0.25, 0.3) is 11.5 Å². The first-order valence-electron chi connectivity index (χ1n) is 6.47. The van der Waals surface area contributed by atoms with Gasteiger partial charge in [-0.05, 0) is 18.2 Å². The average molecular weight is 275 g/mol. The fraction of sp³-hybridized carbons (Fsp3) is 0.357. The molecule has 0 atom stereocenters. The van der Waals surface area contributed by atoms with Gasteiger partial charge in [0, 0.05) is 18.5 Å². The summed E-state index contributed by atoms with van der Waals surface area (Å²) in [7, 11) is 0. The number of nitrogens with one attached hydrogen (secondary N) is 1. The molecule has 20 heavy (non-hydrogen) atoms. The lowest BCUT2D eigenvalue weighted by molar-refractivity contribution is -0.124. The molecule has 0 aliphatic heterocycles. The average Bonchev–Trinajstić information content (AvgIpc) is 2.94. The second kappa shape index (κ2) is 6.18. The minimum absolute atomic E-state index is 0.0414. The lowest BCUT2D eigenvalue weighted by Gasteiger charge is -2.09. The van der Waals surface area contributed by atoms with Crippen molar-refractivity contribution in [1.29, 1.82) is 0 Å². The number of carbonyl (C=O) groups excluding carboxylic acids is 1. The largest absolute Gasteiger partial charge is 0.463 e. The molecule has 0 unspecified atom stereocenters. The Morgan fingerprint density at radius 1 is 1.40 bits per heavy atom. The van der Waals surface area contributed by atoms with Crippen LogP contribution in [0.3, 0.4) is 0 Å². The van der Waals surface area contributed by atoms with Crippen LogP contribution in [-0.4, -0.2) is 22.2 Å². The lowest BCUT2D eigenvalue weighted by atomic mass is 10.2. The maximum atomic E-state index is 11.7. The Balaban J connectivity index is 2.06. The Kier molecular flexibility index (Phi) is 4.34. The van der Waals surface area contributed by atoms with E-state index in [2.05, 4.69) is 10.4 Å². The van der Waals surface area contributed by atoms with Gasteiger partial charge in [-0.15, -0.1) is 0 Å². The van der Waals surface area contributed by atoms with E-state index in [1.807, 2.05) is 13.8 Å². The van der Waals surface area contributed by atoms with E-state index < -0.39 is 0 Å². The minimum atomic E-state index is -0.209. The van der Waals surface area contributed by atoms with E-state index in [-0.39, 0.29) is 17.4 Å². The summed E-state index contributed by atoms with van der Waals surface area (Å²) >= 11 is 0. The third-order valence-electron chi connectivity index (χ3n) is 2.79. The molecule has 0 bridgehead atoms. The van der Waals surface area contributed by atoms with Crippen LogP contribution in [0.15, 0.2) is 39.7 Å². The zero-order valence-corrected chi connectivity index (χ0v) is 11.5. The second-order valence-electron chi connectivity index (χ2n) is 4.70. The lowest BCUT2D eigenvalue weighted by Crippen LogP contribution is -2.33. The van der Waals surface area contributed by atoms with Gasteiger partial charge >= 0.3 is 0 Å². The van der Waals surface area contributed by atoms with Crippen LogP contribution < -0.4 is 10.9 Å². The van der Waals surface area contributed by atoms with Crippen molar-refractivity contribution in [3.05, 3.63) is 40.9 Å². The number of rotatable bonds is 5. The number of hydrogen-bond acceptors (Lipinski definition) is 4. The van der Waals surface area contributed by atoms with Crippen molar-refractivity contribution >= 4 is 5.91 Å². The van der Waals surface area contributed by atoms with Gasteiger partial charge in [0.2, 0.25) is 5.91 Å². The van der Waals surface area contributed by atoms with Gasteiger partial charge in [-0.1, -0.05) is 13.8 Å². The molecule has 0 aliphatic carbocycles. The van der Waals surface area contributed by atoms with Gasteiger partial charge in [-0.25, -0.2) is 4.68 Å². The van der Waals surface area contributed by atoms with Crippen molar-refractivity contribution in [3.8, 4) is 11.5 Å². The summed E-state index contributed by atoms with van der Waals surface area (Å²) in [4.78, 5) is 23.1. The van der Waals surface area contributed by atoms with E-state index in [1.165, 1.54) is 10.7 Å². The molecule has 0 saturated heterocycles. The van der Waals surface area contributed by atoms with Crippen LogP contribution in [0.5, 0.6) is 0 Å². The minimum Gasteiger partial charge on any atom is -0.463 e. The van der Waals surface area contributed by atoms with E-state index in [9.17, 15) is 9.59 Å². The standard InChI is InChI=1S/C14H17N3O3/c1-10(2)14(19)15-7-8-17-13(18)6-5-11(16-17)12-4-3-9-20-12/h3-6,9-10H,7-8H2,1-2H3,(H,15,19). The van der Waals surface area contributed by atoms with Crippen LogP contribution in [-0.2, 0) is 11.3 Å². The number of hydrogen-bond donors (Lipinski definition) is 1. The Morgan fingerprint density at radius 2 is 2.20 bits per heavy atom. The molecule has 1 N–H and O–H groups in total. The summed E-state index contributed by atoms with van der Waals surface area (Å²) in [6.07, 6.45) is 1.55. The van der Waals surface area contributed by atoms with Gasteiger partial charge < -0.3 is 9.73 Å². The number of carbonyl (C=O) groups is 1. The third-order valence-corrected chi connectivity index (χ3v) is 2.79. The molecule has 2 aromatic rings. The zero-order valence-electron chi connectivity index (χ0n) is 11.5. The van der Waals surface area contributed by atoms with Gasteiger partial charge in [-0.2, -0.15) is 5.10 Å². The van der Waals surface area contributed by atoms with Crippen LogP contribution in [0, 0.1) is 5.92 Å². The summed E-state index contributed by atoms with van der Waals surface area (Å²) in [5, 5.41) is 6.97. The van der Waals surface area contributed by atoms with Crippen molar-refractivity contribution in [1.82, 2.24) is 15.1 Å². The van der Waals surface area contributed by atoms with E-state index in [4.69, 9.17) is 4.42 Å². The highest BCUT2D eigenvalue weighted by Crippen LogP contribution is 2.14. The van der Waals surface area contributed by atoms with Crippen molar-refractivity contribution in [3.63, 3.8) is 0 Å². The van der Waals surface area contributed by atoms with Crippen LogP contribution in [0.2, 0.25) is 0 Å². The predicted molar refractivity (Wildman–Crippen MR) is 74.0 cm³/mol. The molecule has 0 aliphatic rings. The molecule has 2 aromatic heterocycles. The predicted octanol–water partition coefficient (Wildman–Crippen LogP) is 1.28. The molecular formula is C14H17N3O3. The normalized spacial score (nSPS) is 10.8. The van der Waals surface area contributed by atoms with Crippen molar-refractivity contribution < 1.29 is 9.21 Å². The first kappa shape index (κ1) is 14.0. The molecule has 6 heteroatoms. The molecule has 0 radical (unpaired) electrons. The van der Waals surface area contributed by atoms with Crippen molar-refractivity contribution in [2.75, 3.05) is 6.54 Å². The Bertz CT molecular complexity index is 629. The molecule has 0 aromatic carbocycles. The van der Waals surface area contributed by atoms with Crippen LogP contribution >= 0.6 is 0 Å². The smallest absolute Gasteiger partial charge is 0.266 e. The topological polar surface area (TPSA) is 77.1 Å². The molecule has 0 fully saturated rings. The Morgan fingerprint density at radius 3 is 2.85 bits per heavy atom. The van der Waals surface area contributed by atoms with Crippen LogP contribution in [0.1, 0.15) is 13.8 Å². The summed E-state index contributed by atoms with van der Waals surface area (Å²) in [6.45, 7) is 4.33. The molecule has 1 amide bonds. The van der Waals surface area contributed by atoms with Gasteiger partial charge in [0.15, 0.2) is 5.76 Å². The van der Waals surface area contributed by atoms with Gasteiger partial charge in [0.25, 0.3) is 5.56 Å². The Hall–Kier alpha value is -2.37. The first-order valence-corrected chi connectivity index (χ1v) is 6.47. The van der Waals surface area contributed by atoms with Crippen molar-refractivity contribution in [2.45, 2.75) is 20.4 Å². The monoisotopic (exact) mass is 275 g/mol. The maximum absolute atomic E-state index is 11.7.